The van der Waals surface area contributed by atoms with Gasteiger partial charge in [0.25, 0.3) is 0 Å². The summed E-state index contributed by atoms with van der Waals surface area (Å²) in [6, 6.07) is 5.80. The van der Waals surface area contributed by atoms with E-state index in [0.29, 0.717) is 10.0 Å². The molecule has 1 heterocycles. The highest BCUT2D eigenvalue weighted by atomic mass is 35.5. The van der Waals surface area contributed by atoms with Gasteiger partial charge in [-0.25, -0.2) is 0 Å². The lowest BCUT2D eigenvalue weighted by Gasteiger charge is -2.45. The van der Waals surface area contributed by atoms with E-state index < -0.39 is 0 Å². The Hall–Kier alpha value is -0.280. The summed E-state index contributed by atoms with van der Waals surface area (Å²) in [6.07, 6.45) is 4.90. The molecule has 1 atom stereocenters. The van der Waals surface area contributed by atoms with Gasteiger partial charge < -0.3 is 10.1 Å². The molecule has 20 heavy (non-hydrogen) atoms. The van der Waals surface area contributed by atoms with Crippen LogP contribution in [-0.4, -0.2) is 18.7 Å². The van der Waals surface area contributed by atoms with Crippen LogP contribution < -0.4 is 5.32 Å². The maximum atomic E-state index is 6.48. The molecule has 0 radical (unpaired) electrons. The first-order valence-corrected chi connectivity index (χ1v) is 8.17. The summed E-state index contributed by atoms with van der Waals surface area (Å²) in [4.78, 5) is 0. The summed E-state index contributed by atoms with van der Waals surface area (Å²) in [7, 11) is 0. The Kier molecular flexibility index (Phi) is 4.28. The number of rotatable bonds is 1. The van der Waals surface area contributed by atoms with Gasteiger partial charge in [0.1, 0.15) is 0 Å². The van der Waals surface area contributed by atoms with E-state index >= 15 is 0 Å². The molecule has 1 aromatic rings. The number of nitrogens with one attached hydrogen (secondary N) is 1. The molecular formula is C16H21Cl2NO. The molecule has 3 rings (SSSR count). The predicted molar refractivity (Wildman–Crippen MR) is 83.5 cm³/mol. The van der Waals surface area contributed by atoms with Crippen molar-refractivity contribution in [2.24, 2.45) is 5.92 Å². The zero-order valence-electron chi connectivity index (χ0n) is 11.8. The van der Waals surface area contributed by atoms with Crippen LogP contribution >= 0.6 is 23.2 Å². The molecule has 1 aliphatic carbocycles. The quantitative estimate of drug-likeness (QED) is 0.818. The van der Waals surface area contributed by atoms with Crippen molar-refractivity contribution in [3.63, 3.8) is 0 Å². The van der Waals surface area contributed by atoms with Crippen LogP contribution in [0.4, 0.5) is 0 Å². The fourth-order valence-electron chi connectivity index (χ4n) is 3.30. The van der Waals surface area contributed by atoms with Crippen LogP contribution in [0.15, 0.2) is 18.2 Å². The first kappa shape index (κ1) is 14.6. The highest BCUT2D eigenvalue weighted by Gasteiger charge is 2.40. The first-order valence-electron chi connectivity index (χ1n) is 7.41. The van der Waals surface area contributed by atoms with Crippen molar-refractivity contribution in [3.05, 3.63) is 33.8 Å². The SMILES string of the molecule is CC1CCC2(CC1)CNCC(c1ccc(Cl)c(Cl)c1)O2. The Morgan fingerprint density at radius 2 is 1.95 bits per heavy atom. The summed E-state index contributed by atoms with van der Waals surface area (Å²) >= 11 is 12.1. The van der Waals surface area contributed by atoms with E-state index in [2.05, 4.69) is 12.2 Å². The van der Waals surface area contributed by atoms with Crippen molar-refractivity contribution >= 4 is 23.2 Å². The predicted octanol–water partition coefficient (Wildman–Crippen LogP) is 4.60. The summed E-state index contributed by atoms with van der Waals surface area (Å²) in [5.41, 5.74) is 1.13. The lowest BCUT2D eigenvalue weighted by atomic mass is 9.78. The van der Waals surface area contributed by atoms with Gasteiger partial charge in [-0.05, 0) is 49.3 Å². The molecule has 2 nitrogen and oxygen atoms in total. The van der Waals surface area contributed by atoms with Crippen LogP contribution in [0.2, 0.25) is 10.0 Å². The summed E-state index contributed by atoms with van der Waals surface area (Å²) in [6.45, 7) is 4.15. The second kappa shape index (κ2) is 5.84. The van der Waals surface area contributed by atoms with Crippen molar-refractivity contribution in [1.82, 2.24) is 5.32 Å². The third kappa shape index (κ3) is 2.99. The van der Waals surface area contributed by atoms with Gasteiger partial charge in [0.05, 0.1) is 21.8 Å². The fourth-order valence-corrected chi connectivity index (χ4v) is 3.60. The van der Waals surface area contributed by atoms with E-state index in [4.69, 9.17) is 27.9 Å². The van der Waals surface area contributed by atoms with Crippen LogP contribution in [0, 0.1) is 5.92 Å². The molecule has 0 aromatic heterocycles. The molecule has 2 fully saturated rings. The molecule has 1 unspecified atom stereocenters. The first-order chi connectivity index (χ1) is 9.58. The molecule has 1 saturated heterocycles. The minimum Gasteiger partial charge on any atom is -0.364 e. The van der Waals surface area contributed by atoms with Crippen molar-refractivity contribution in [2.45, 2.75) is 44.3 Å². The molecule has 4 heteroatoms. The number of morpholine rings is 1. The second-order valence-corrected chi connectivity index (χ2v) is 7.09. The minimum atomic E-state index is 0.0154. The number of hydrogen-bond acceptors (Lipinski definition) is 2. The normalized spacial score (nSPS) is 34.4. The van der Waals surface area contributed by atoms with Gasteiger partial charge >= 0.3 is 0 Å². The van der Waals surface area contributed by atoms with Gasteiger partial charge in [-0.15, -0.1) is 0 Å². The van der Waals surface area contributed by atoms with Gasteiger partial charge in [-0.2, -0.15) is 0 Å². The largest absolute Gasteiger partial charge is 0.364 e. The molecule has 1 N–H and O–H groups in total. The maximum absolute atomic E-state index is 6.48. The van der Waals surface area contributed by atoms with Crippen LogP contribution in [0.1, 0.15) is 44.3 Å². The lowest BCUT2D eigenvalue weighted by Crippen LogP contribution is -2.52. The van der Waals surface area contributed by atoms with Gasteiger partial charge in [-0.3, -0.25) is 0 Å². The van der Waals surface area contributed by atoms with E-state index in [1.807, 2.05) is 18.2 Å². The van der Waals surface area contributed by atoms with E-state index in [0.717, 1.165) is 37.4 Å². The van der Waals surface area contributed by atoms with Crippen LogP contribution in [0.3, 0.4) is 0 Å². The van der Waals surface area contributed by atoms with Crippen LogP contribution in [0.5, 0.6) is 0 Å². The third-order valence-electron chi connectivity index (χ3n) is 4.67. The number of halogens is 2. The van der Waals surface area contributed by atoms with Crippen molar-refractivity contribution in [1.29, 1.82) is 0 Å². The zero-order chi connectivity index (χ0) is 14.2. The average molecular weight is 314 g/mol. The Bertz CT molecular complexity index is 483. The minimum absolute atomic E-state index is 0.0154. The lowest BCUT2D eigenvalue weighted by molar-refractivity contribution is -0.140. The number of benzene rings is 1. The zero-order valence-corrected chi connectivity index (χ0v) is 13.3. The second-order valence-electron chi connectivity index (χ2n) is 6.28. The fraction of sp³-hybridized carbons (Fsp3) is 0.625. The van der Waals surface area contributed by atoms with Crippen LogP contribution in [0.25, 0.3) is 0 Å². The molecule has 2 aliphatic rings. The highest BCUT2D eigenvalue weighted by molar-refractivity contribution is 6.42. The highest BCUT2D eigenvalue weighted by Crippen LogP contribution is 2.40. The summed E-state index contributed by atoms with van der Waals surface area (Å²) in [5.74, 6) is 0.828. The van der Waals surface area contributed by atoms with Crippen molar-refractivity contribution in [3.8, 4) is 0 Å². The molecule has 1 aliphatic heterocycles. The van der Waals surface area contributed by atoms with E-state index in [1.165, 1.54) is 12.8 Å². The Balaban J connectivity index is 1.76. The molecule has 110 valence electrons. The molecule has 1 aromatic carbocycles. The van der Waals surface area contributed by atoms with Gasteiger partial charge in [0, 0.05) is 13.1 Å². The van der Waals surface area contributed by atoms with Gasteiger partial charge in [0.2, 0.25) is 0 Å². The van der Waals surface area contributed by atoms with Crippen molar-refractivity contribution in [2.75, 3.05) is 13.1 Å². The number of hydrogen-bond donors (Lipinski definition) is 1. The average Bonchev–Trinajstić information content (AvgIpc) is 2.46. The van der Waals surface area contributed by atoms with E-state index in [1.54, 1.807) is 0 Å². The van der Waals surface area contributed by atoms with Crippen LogP contribution in [-0.2, 0) is 4.74 Å². The number of ether oxygens (including phenoxy) is 1. The molecule has 0 amide bonds. The summed E-state index contributed by atoms with van der Waals surface area (Å²) in [5, 5.41) is 4.74. The Morgan fingerprint density at radius 1 is 1.20 bits per heavy atom. The molecule has 1 saturated carbocycles. The standard InChI is InChI=1S/C16H21Cl2NO/c1-11-4-6-16(7-5-11)10-19-9-15(20-16)12-2-3-13(17)14(18)8-12/h2-3,8,11,15,19H,4-7,9-10H2,1H3. The Labute approximate surface area is 130 Å². The van der Waals surface area contributed by atoms with Gasteiger partial charge in [-0.1, -0.05) is 36.2 Å². The molecule has 1 spiro atoms. The maximum Gasteiger partial charge on any atom is 0.0957 e. The van der Waals surface area contributed by atoms with Gasteiger partial charge in [0.15, 0.2) is 0 Å². The Morgan fingerprint density at radius 3 is 2.65 bits per heavy atom. The monoisotopic (exact) mass is 313 g/mol. The van der Waals surface area contributed by atoms with Crippen molar-refractivity contribution < 1.29 is 4.74 Å². The van der Waals surface area contributed by atoms with E-state index in [9.17, 15) is 0 Å². The third-order valence-corrected chi connectivity index (χ3v) is 5.41. The smallest absolute Gasteiger partial charge is 0.0957 e. The topological polar surface area (TPSA) is 21.3 Å². The molecule has 0 bridgehead atoms. The van der Waals surface area contributed by atoms with E-state index in [-0.39, 0.29) is 11.7 Å². The summed E-state index contributed by atoms with van der Waals surface area (Å²) < 4.78 is 6.48. The molecular weight excluding hydrogens is 293 g/mol.